The molecule has 1 aliphatic heterocycles. The van der Waals surface area contributed by atoms with Gasteiger partial charge in [0.2, 0.25) is 5.91 Å². The van der Waals surface area contributed by atoms with Gasteiger partial charge in [-0.2, -0.15) is 0 Å². The Bertz CT molecular complexity index is 1140. The van der Waals surface area contributed by atoms with Crippen molar-refractivity contribution in [1.29, 1.82) is 0 Å². The number of esters is 1. The van der Waals surface area contributed by atoms with E-state index < -0.39 is 11.6 Å². The molecule has 0 spiro atoms. The van der Waals surface area contributed by atoms with E-state index in [0.29, 0.717) is 42.4 Å². The van der Waals surface area contributed by atoms with Crippen molar-refractivity contribution in [3.63, 3.8) is 0 Å². The van der Waals surface area contributed by atoms with Gasteiger partial charge < -0.3 is 14.4 Å². The molecule has 8 heteroatoms. The van der Waals surface area contributed by atoms with E-state index in [0.717, 1.165) is 36.1 Å². The number of ether oxygens (including phenoxy) is 2. The molecule has 39 heavy (non-hydrogen) atoms. The molecule has 2 fully saturated rings. The van der Waals surface area contributed by atoms with Crippen molar-refractivity contribution in [1.82, 2.24) is 4.90 Å². The number of amides is 2. The second kappa shape index (κ2) is 12.5. The minimum atomic E-state index is -0.562. The number of rotatable bonds is 6. The maximum absolute atomic E-state index is 14.3. The summed E-state index contributed by atoms with van der Waals surface area (Å²) in [7, 11) is 0. The standard InChI is InChI=1S/C31H42N2O5S/c1-6-37-29(35)25-20-26(22-10-8-7-9-11-22)39-28(25)33(27(34)23-14-12-21(2)13-15-23)24-16-18-32(19-17-24)30(36)38-31(3,4)5/h7-11,20-21,23-24H,6,12-19H2,1-5H3. The number of nitrogens with zero attached hydrogens (tertiary/aromatic N) is 2. The lowest BCUT2D eigenvalue weighted by atomic mass is 9.82. The van der Waals surface area contributed by atoms with Crippen LogP contribution in [0.1, 0.15) is 83.5 Å². The summed E-state index contributed by atoms with van der Waals surface area (Å²) in [5, 5.41) is 0.659. The van der Waals surface area contributed by atoms with Gasteiger partial charge in [0, 0.05) is 29.9 Å². The molecule has 212 valence electrons. The molecular formula is C31H42N2O5S. The van der Waals surface area contributed by atoms with Gasteiger partial charge in [0.25, 0.3) is 0 Å². The summed E-state index contributed by atoms with van der Waals surface area (Å²) in [6.45, 7) is 10.9. The zero-order valence-corrected chi connectivity index (χ0v) is 24.7. The van der Waals surface area contributed by atoms with E-state index in [1.807, 2.05) is 62.1 Å². The lowest BCUT2D eigenvalue weighted by molar-refractivity contribution is -0.124. The van der Waals surface area contributed by atoms with Crippen LogP contribution in [0.15, 0.2) is 36.4 Å². The zero-order valence-electron chi connectivity index (χ0n) is 23.9. The van der Waals surface area contributed by atoms with Crippen molar-refractivity contribution in [2.45, 2.75) is 84.8 Å². The Morgan fingerprint density at radius 3 is 2.23 bits per heavy atom. The molecule has 0 bridgehead atoms. The molecule has 0 radical (unpaired) electrons. The van der Waals surface area contributed by atoms with Crippen LogP contribution in [0.25, 0.3) is 10.4 Å². The lowest BCUT2D eigenvalue weighted by Gasteiger charge is -2.40. The van der Waals surface area contributed by atoms with Gasteiger partial charge in [-0.15, -0.1) is 11.3 Å². The average molecular weight is 555 g/mol. The van der Waals surface area contributed by atoms with E-state index in [9.17, 15) is 14.4 Å². The van der Waals surface area contributed by atoms with Gasteiger partial charge in [-0.1, -0.05) is 37.3 Å². The van der Waals surface area contributed by atoms with Gasteiger partial charge in [-0.05, 0) is 83.8 Å². The molecule has 2 heterocycles. The molecule has 2 aromatic rings. The summed E-state index contributed by atoms with van der Waals surface area (Å²) in [6.07, 6.45) is 4.70. The lowest BCUT2D eigenvalue weighted by Crippen LogP contribution is -2.51. The van der Waals surface area contributed by atoms with E-state index in [2.05, 4.69) is 6.92 Å². The van der Waals surface area contributed by atoms with E-state index in [1.165, 1.54) is 11.3 Å². The summed E-state index contributed by atoms with van der Waals surface area (Å²) in [6, 6.07) is 11.7. The van der Waals surface area contributed by atoms with Crippen molar-refractivity contribution in [3.05, 3.63) is 42.0 Å². The normalized spacial score (nSPS) is 20.4. The number of piperidine rings is 1. The summed E-state index contributed by atoms with van der Waals surface area (Å²) >= 11 is 1.48. The predicted octanol–water partition coefficient (Wildman–Crippen LogP) is 7.15. The molecule has 2 aliphatic rings. The monoisotopic (exact) mass is 554 g/mol. The first kappa shape index (κ1) is 29.1. The Kier molecular flexibility index (Phi) is 9.36. The molecule has 1 aromatic carbocycles. The van der Waals surface area contributed by atoms with Crippen LogP contribution in [-0.4, -0.2) is 54.2 Å². The largest absolute Gasteiger partial charge is 0.462 e. The zero-order chi connectivity index (χ0) is 28.2. The minimum Gasteiger partial charge on any atom is -0.462 e. The van der Waals surface area contributed by atoms with Gasteiger partial charge in [0.1, 0.15) is 10.6 Å². The summed E-state index contributed by atoms with van der Waals surface area (Å²) in [5.41, 5.74) is 0.874. The first-order valence-electron chi connectivity index (χ1n) is 14.2. The average Bonchev–Trinajstić information content (AvgIpc) is 3.34. The summed E-state index contributed by atoms with van der Waals surface area (Å²) in [5.74, 6) is 0.236. The molecule has 0 N–H and O–H groups in total. The van der Waals surface area contributed by atoms with Gasteiger partial charge in [0.15, 0.2) is 0 Å². The van der Waals surface area contributed by atoms with Crippen LogP contribution in [0.5, 0.6) is 0 Å². The number of hydrogen-bond donors (Lipinski definition) is 0. The van der Waals surface area contributed by atoms with Gasteiger partial charge in [0.05, 0.1) is 12.2 Å². The Morgan fingerprint density at radius 2 is 1.64 bits per heavy atom. The number of benzene rings is 1. The third kappa shape index (κ3) is 7.21. The molecular weight excluding hydrogens is 512 g/mol. The van der Waals surface area contributed by atoms with E-state index in [-0.39, 0.29) is 30.6 Å². The van der Waals surface area contributed by atoms with Crippen molar-refractivity contribution in [3.8, 4) is 10.4 Å². The second-order valence-electron chi connectivity index (χ2n) is 11.8. The van der Waals surface area contributed by atoms with Crippen LogP contribution in [0.3, 0.4) is 0 Å². The minimum absolute atomic E-state index is 0.0672. The van der Waals surface area contributed by atoms with Crippen LogP contribution in [-0.2, 0) is 14.3 Å². The molecule has 0 atom stereocenters. The highest BCUT2D eigenvalue weighted by atomic mass is 32.1. The van der Waals surface area contributed by atoms with Crippen LogP contribution in [0, 0.1) is 11.8 Å². The first-order valence-corrected chi connectivity index (χ1v) is 15.1. The van der Waals surface area contributed by atoms with Crippen LogP contribution in [0.2, 0.25) is 0 Å². The Labute approximate surface area is 236 Å². The molecule has 1 saturated carbocycles. The van der Waals surface area contributed by atoms with Crippen molar-refractivity contribution in [2.24, 2.45) is 11.8 Å². The fourth-order valence-corrected chi connectivity index (χ4v) is 6.67. The molecule has 1 aromatic heterocycles. The smallest absolute Gasteiger partial charge is 0.410 e. The second-order valence-corrected chi connectivity index (χ2v) is 12.8. The number of carbonyl (C=O) groups excluding carboxylic acids is 3. The van der Waals surface area contributed by atoms with Crippen LogP contribution in [0.4, 0.5) is 9.80 Å². The number of anilines is 1. The van der Waals surface area contributed by atoms with Gasteiger partial charge in [-0.3, -0.25) is 9.69 Å². The van der Waals surface area contributed by atoms with Gasteiger partial charge in [-0.25, -0.2) is 9.59 Å². The third-order valence-electron chi connectivity index (χ3n) is 7.57. The highest BCUT2D eigenvalue weighted by molar-refractivity contribution is 7.20. The maximum Gasteiger partial charge on any atom is 0.410 e. The Morgan fingerprint density at radius 1 is 1.00 bits per heavy atom. The maximum atomic E-state index is 14.3. The van der Waals surface area contributed by atoms with E-state index >= 15 is 0 Å². The number of thiophene rings is 1. The summed E-state index contributed by atoms with van der Waals surface area (Å²) < 4.78 is 11.0. The topological polar surface area (TPSA) is 76.2 Å². The van der Waals surface area contributed by atoms with Crippen molar-refractivity contribution in [2.75, 3.05) is 24.6 Å². The Hall–Kier alpha value is -2.87. The molecule has 7 nitrogen and oxygen atoms in total. The molecule has 4 rings (SSSR count). The number of carbonyl (C=O) groups is 3. The Balaban J connectivity index is 1.68. The van der Waals surface area contributed by atoms with Crippen molar-refractivity contribution < 1.29 is 23.9 Å². The molecule has 2 amide bonds. The van der Waals surface area contributed by atoms with Crippen molar-refractivity contribution >= 4 is 34.3 Å². The quantitative estimate of drug-likeness (QED) is 0.355. The highest BCUT2D eigenvalue weighted by Crippen LogP contribution is 2.42. The van der Waals surface area contributed by atoms with Gasteiger partial charge >= 0.3 is 12.1 Å². The molecule has 0 unspecified atom stereocenters. The SMILES string of the molecule is CCOC(=O)c1cc(-c2ccccc2)sc1N(C(=O)C1CCC(C)CC1)C1CCN(C(=O)OC(C)(C)C)CC1. The predicted molar refractivity (Wildman–Crippen MR) is 155 cm³/mol. The first-order chi connectivity index (χ1) is 18.6. The molecule has 1 saturated heterocycles. The number of hydrogen-bond acceptors (Lipinski definition) is 6. The van der Waals surface area contributed by atoms with Crippen LogP contribution >= 0.6 is 11.3 Å². The fourth-order valence-electron chi connectivity index (χ4n) is 5.44. The molecule has 1 aliphatic carbocycles. The summed E-state index contributed by atoms with van der Waals surface area (Å²) in [4.78, 5) is 44.7. The number of likely N-dealkylation sites (tertiary alicyclic amines) is 1. The third-order valence-corrected chi connectivity index (χ3v) is 8.75. The van der Waals surface area contributed by atoms with E-state index in [1.54, 1.807) is 11.8 Å². The highest BCUT2D eigenvalue weighted by Gasteiger charge is 2.38. The van der Waals surface area contributed by atoms with Crippen LogP contribution < -0.4 is 4.90 Å². The van der Waals surface area contributed by atoms with E-state index in [4.69, 9.17) is 9.47 Å². The fraction of sp³-hybridized carbons (Fsp3) is 0.581.